The molecule has 0 aliphatic heterocycles. The molecule has 1 N–H and O–H groups in total. The van der Waals surface area contributed by atoms with Crippen molar-refractivity contribution in [3.05, 3.63) is 12.2 Å². The van der Waals surface area contributed by atoms with Crippen LogP contribution < -0.4 is 5.32 Å². The summed E-state index contributed by atoms with van der Waals surface area (Å²) in [7, 11) is 0. The Hall–Kier alpha value is -0.790. The van der Waals surface area contributed by atoms with E-state index in [0.29, 0.717) is 5.41 Å². The van der Waals surface area contributed by atoms with Gasteiger partial charge in [0.15, 0.2) is 0 Å². The third-order valence-electron chi connectivity index (χ3n) is 5.12. The molecule has 2 heteroatoms. The Morgan fingerprint density at radius 3 is 2.18 bits per heavy atom. The molecule has 0 radical (unpaired) electrons. The minimum absolute atomic E-state index is 0.0863. The SMILES string of the molecule is CC=CC(=O)NCC12CC3CC(CC(C3)C1)C2. The van der Waals surface area contributed by atoms with Crippen molar-refractivity contribution in [2.75, 3.05) is 6.54 Å². The molecule has 4 bridgehead atoms. The van der Waals surface area contributed by atoms with Gasteiger partial charge in [0.25, 0.3) is 0 Å². The van der Waals surface area contributed by atoms with Crippen LogP contribution in [0.15, 0.2) is 12.2 Å². The van der Waals surface area contributed by atoms with Gasteiger partial charge in [-0.05, 0) is 74.7 Å². The van der Waals surface area contributed by atoms with E-state index in [0.717, 1.165) is 24.3 Å². The maximum atomic E-state index is 11.5. The minimum Gasteiger partial charge on any atom is -0.352 e. The van der Waals surface area contributed by atoms with Crippen LogP contribution in [0.4, 0.5) is 0 Å². The monoisotopic (exact) mass is 233 g/mol. The van der Waals surface area contributed by atoms with Crippen LogP contribution in [0.1, 0.15) is 45.4 Å². The molecule has 4 aliphatic rings. The predicted molar refractivity (Wildman–Crippen MR) is 68.4 cm³/mol. The summed E-state index contributed by atoms with van der Waals surface area (Å²) in [6.45, 7) is 2.81. The topological polar surface area (TPSA) is 29.1 Å². The summed E-state index contributed by atoms with van der Waals surface area (Å²) in [5.41, 5.74) is 0.464. The predicted octanol–water partition coefficient (Wildman–Crippen LogP) is 2.90. The van der Waals surface area contributed by atoms with Gasteiger partial charge >= 0.3 is 0 Å². The first-order valence-electron chi connectivity index (χ1n) is 7.10. The van der Waals surface area contributed by atoms with E-state index in [-0.39, 0.29) is 5.91 Å². The van der Waals surface area contributed by atoms with Crippen molar-refractivity contribution in [3.63, 3.8) is 0 Å². The fourth-order valence-electron chi connectivity index (χ4n) is 4.99. The number of carbonyl (C=O) groups excluding carboxylic acids is 1. The zero-order valence-corrected chi connectivity index (χ0v) is 10.7. The Balaban J connectivity index is 1.64. The van der Waals surface area contributed by atoms with Crippen molar-refractivity contribution < 1.29 is 4.79 Å². The summed E-state index contributed by atoms with van der Waals surface area (Å²) in [6.07, 6.45) is 12.0. The third kappa shape index (κ3) is 2.14. The number of nitrogens with one attached hydrogen (secondary N) is 1. The van der Waals surface area contributed by atoms with E-state index < -0.39 is 0 Å². The maximum Gasteiger partial charge on any atom is 0.243 e. The third-order valence-corrected chi connectivity index (χ3v) is 5.12. The second-order valence-electron chi connectivity index (χ2n) is 6.64. The zero-order valence-electron chi connectivity index (χ0n) is 10.7. The van der Waals surface area contributed by atoms with E-state index in [2.05, 4.69) is 5.32 Å². The van der Waals surface area contributed by atoms with E-state index in [9.17, 15) is 4.79 Å². The lowest BCUT2D eigenvalue weighted by Crippen LogP contribution is -2.51. The van der Waals surface area contributed by atoms with Crippen LogP contribution >= 0.6 is 0 Å². The molecule has 0 aromatic carbocycles. The molecular weight excluding hydrogens is 210 g/mol. The van der Waals surface area contributed by atoms with Gasteiger partial charge in [-0.1, -0.05) is 6.08 Å². The molecule has 0 unspecified atom stereocenters. The molecule has 0 aromatic heterocycles. The molecule has 0 atom stereocenters. The summed E-state index contributed by atoms with van der Waals surface area (Å²) in [5, 5.41) is 3.11. The fourth-order valence-corrected chi connectivity index (χ4v) is 4.99. The molecule has 0 aromatic rings. The lowest BCUT2D eigenvalue weighted by Gasteiger charge is -2.56. The van der Waals surface area contributed by atoms with E-state index in [4.69, 9.17) is 0 Å². The maximum absolute atomic E-state index is 11.5. The lowest BCUT2D eigenvalue weighted by molar-refractivity contribution is -0.118. The highest BCUT2D eigenvalue weighted by Gasteiger charge is 2.50. The van der Waals surface area contributed by atoms with Crippen LogP contribution in [0.2, 0.25) is 0 Å². The van der Waals surface area contributed by atoms with Crippen molar-refractivity contribution in [1.29, 1.82) is 0 Å². The van der Waals surface area contributed by atoms with E-state index >= 15 is 0 Å². The van der Waals surface area contributed by atoms with E-state index in [1.54, 1.807) is 6.08 Å². The van der Waals surface area contributed by atoms with Crippen molar-refractivity contribution in [2.24, 2.45) is 23.2 Å². The van der Waals surface area contributed by atoms with Crippen LogP contribution in [0.5, 0.6) is 0 Å². The first kappa shape index (κ1) is 11.3. The second kappa shape index (κ2) is 4.15. The van der Waals surface area contributed by atoms with Gasteiger partial charge in [0, 0.05) is 6.54 Å². The summed E-state index contributed by atoms with van der Waals surface area (Å²) in [5.74, 6) is 3.00. The summed E-state index contributed by atoms with van der Waals surface area (Å²) in [6, 6.07) is 0. The van der Waals surface area contributed by atoms with Crippen LogP contribution in [0, 0.1) is 23.2 Å². The van der Waals surface area contributed by atoms with Gasteiger partial charge < -0.3 is 5.32 Å². The Bertz CT molecular complexity index is 310. The van der Waals surface area contributed by atoms with Gasteiger partial charge in [0.1, 0.15) is 0 Å². The average molecular weight is 233 g/mol. The van der Waals surface area contributed by atoms with E-state index in [1.807, 2.05) is 13.0 Å². The standard InChI is InChI=1S/C15H23NO/c1-2-3-14(17)16-10-15-7-11-4-12(8-15)6-13(5-11)9-15/h2-3,11-13H,4-10H2,1H3,(H,16,17). The quantitative estimate of drug-likeness (QED) is 0.746. The molecule has 4 aliphatic carbocycles. The summed E-state index contributed by atoms with van der Waals surface area (Å²) >= 11 is 0. The van der Waals surface area contributed by atoms with Crippen LogP contribution in [0.3, 0.4) is 0 Å². The number of hydrogen-bond acceptors (Lipinski definition) is 1. The Labute approximate surface area is 104 Å². The molecular formula is C15H23NO. The summed E-state index contributed by atoms with van der Waals surface area (Å²) in [4.78, 5) is 11.5. The fraction of sp³-hybridized carbons (Fsp3) is 0.800. The highest BCUT2D eigenvalue weighted by Crippen LogP contribution is 2.59. The number of rotatable bonds is 3. The molecule has 17 heavy (non-hydrogen) atoms. The molecule has 0 heterocycles. The first-order chi connectivity index (χ1) is 8.19. The molecule has 0 saturated heterocycles. The van der Waals surface area contributed by atoms with Gasteiger partial charge in [0.2, 0.25) is 5.91 Å². The average Bonchev–Trinajstić information content (AvgIpc) is 2.25. The van der Waals surface area contributed by atoms with Gasteiger partial charge in [-0.2, -0.15) is 0 Å². The van der Waals surface area contributed by atoms with Crippen LogP contribution in [-0.4, -0.2) is 12.5 Å². The molecule has 94 valence electrons. The normalized spacial score (nSPS) is 43.2. The number of hydrogen-bond donors (Lipinski definition) is 1. The van der Waals surface area contributed by atoms with Crippen LogP contribution in [0.25, 0.3) is 0 Å². The van der Waals surface area contributed by atoms with Gasteiger partial charge in [-0.15, -0.1) is 0 Å². The zero-order chi connectivity index (χ0) is 11.9. The Kier molecular flexibility index (Phi) is 2.76. The Morgan fingerprint density at radius 2 is 1.71 bits per heavy atom. The van der Waals surface area contributed by atoms with Crippen molar-refractivity contribution in [3.8, 4) is 0 Å². The second-order valence-corrected chi connectivity index (χ2v) is 6.64. The van der Waals surface area contributed by atoms with Gasteiger partial charge in [-0.25, -0.2) is 0 Å². The van der Waals surface area contributed by atoms with Crippen molar-refractivity contribution in [2.45, 2.75) is 45.4 Å². The highest BCUT2D eigenvalue weighted by atomic mass is 16.1. The smallest absolute Gasteiger partial charge is 0.243 e. The molecule has 1 amide bonds. The lowest BCUT2D eigenvalue weighted by atomic mass is 9.49. The van der Waals surface area contributed by atoms with Crippen molar-refractivity contribution >= 4 is 5.91 Å². The molecule has 0 spiro atoms. The number of carbonyl (C=O) groups is 1. The van der Waals surface area contributed by atoms with Gasteiger partial charge in [0.05, 0.1) is 0 Å². The largest absolute Gasteiger partial charge is 0.352 e. The molecule has 4 saturated carbocycles. The molecule has 4 fully saturated rings. The molecule has 4 rings (SSSR count). The number of allylic oxidation sites excluding steroid dienone is 1. The minimum atomic E-state index is 0.0863. The molecule has 2 nitrogen and oxygen atoms in total. The number of amides is 1. The highest BCUT2D eigenvalue weighted by molar-refractivity contribution is 5.87. The summed E-state index contributed by atoms with van der Waals surface area (Å²) < 4.78 is 0. The Morgan fingerprint density at radius 1 is 1.18 bits per heavy atom. The van der Waals surface area contributed by atoms with Gasteiger partial charge in [-0.3, -0.25) is 4.79 Å². The van der Waals surface area contributed by atoms with E-state index in [1.165, 1.54) is 38.5 Å². The first-order valence-corrected chi connectivity index (χ1v) is 7.10. The van der Waals surface area contributed by atoms with Crippen molar-refractivity contribution in [1.82, 2.24) is 5.32 Å². The van der Waals surface area contributed by atoms with Crippen LogP contribution in [-0.2, 0) is 4.79 Å².